The zero-order chi connectivity index (χ0) is 20.5. The SMILES string of the molecule is CCN1CCN(c2c(C(=O)c3ccc(C)c(C)c3)cnc3ccc(F)cc23)CC1. The summed E-state index contributed by atoms with van der Waals surface area (Å²) in [6, 6.07) is 10.3. The van der Waals surface area contributed by atoms with Gasteiger partial charge in [0, 0.05) is 43.3 Å². The maximum absolute atomic E-state index is 14.1. The summed E-state index contributed by atoms with van der Waals surface area (Å²) in [5.41, 5.74) is 4.91. The van der Waals surface area contributed by atoms with Crippen LogP contribution in [0.5, 0.6) is 0 Å². The Labute approximate surface area is 171 Å². The molecule has 1 fully saturated rings. The topological polar surface area (TPSA) is 36.4 Å². The van der Waals surface area contributed by atoms with Gasteiger partial charge in [0.1, 0.15) is 5.82 Å². The predicted molar refractivity (Wildman–Crippen MR) is 115 cm³/mol. The molecule has 0 spiro atoms. The molecule has 4 nitrogen and oxygen atoms in total. The number of hydrogen-bond acceptors (Lipinski definition) is 4. The first-order valence-corrected chi connectivity index (χ1v) is 10.2. The number of halogens is 1. The van der Waals surface area contributed by atoms with Crippen LogP contribution in [0.15, 0.2) is 42.6 Å². The Hall–Kier alpha value is -2.79. The fourth-order valence-electron chi connectivity index (χ4n) is 3.98. The molecule has 2 aromatic carbocycles. The van der Waals surface area contributed by atoms with Gasteiger partial charge in [-0.3, -0.25) is 9.78 Å². The molecule has 1 aliphatic rings. The zero-order valence-corrected chi connectivity index (χ0v) is 17.2. The number of aryl methyl sites for hydroxylation is 2. The molecule has 4 rings (SSSR count). The van der Waals surface area contributed by atoms with Crippen LogP contribution in [0.25, 0.3) is 10.9 Å². The minimum atomic E-state index is -0.316. The number of carbonyl (C=O) groups is 1. The lowest BCUT2D eigenvalue weighted by Crippen LogP contribution is -2.46. The zero-order valence-electron chi connectivity index (χ0n) is 17.2. The average molecular weight is 391 g/mol. The lowest BCUT2D eigenvalue weighted by atomic mass is 9.97. The van der Waals surface area contributed by atoms with E-state index in [1.165, 1.54) is 12.1 Å². The van der Waals surface area contributed by atoms with E-state index in [0.717, 1.165) is 49.5 Å². The predicted octanol–water partition coefficient (Wildman–Crippen LogP) is 4.36. The normalized spacial score (nSPS) is 15.1. The fraction of sp³-hybridized carbons (Fsp3) is 0.333. The van der Waals surface area contributed by atoms with Gasteiger partial charge in [-0.1, -0.05) is 19.1 Å². The number of aromatic nitrogens is 1. The first-order chi connectivity index (χ1) is 14.0. The molecule has 0 bridgehead atoms. The molecule has 0 amide bonds. The van der Waals surface area contributed by atoms with Crippen LogP contribution in [0.2, 0.25) is 0 Å². The van der Waals surface area contributed by atoms with Crippen molar-refractivity contribution in [2.24, 2.45) is 0 Å². The van der Waals surface area contributed by atoms with Crippen molar-refractivity contribution in [1.82, 2.24) is 9.88 Å². The minimum Gasteiger partial charge on any atom is -0.368 e. The number of fused-ring (bicyclic) bond motifs is 1. The highest BCUT2D eigenvalue weighted by Gasteiger charge is 2.25. The van der Waals surface area contributed by atoms with Crippen LogP contribution in [0, 0.1) is 19.7 Å². The second kappa shape index (κ2) is 7.91. The first kappa shape index (κ1) is 19.5. The largest absolute Gasteiger partial charge is 0.368 e. The summed E-state index contributed by atoms with van der Waals surface area (Å²) in [6.45, 7) is 10.6. The Morgan fingerprint density at radius 1 is 1.03 bits per heavy atom. The molecule has 2 heterocycles. The monoisotopic (exact) mass is 391 g/mol. The second-order valence-corrected chi connectivity index (χ2v) is 7.73. The van der Waals surface area contributed by atoms with Crippen LogP contribution in [-0.2, 0) is 0 Å². The van der Waals surface area contributed by atoms with Gasteiger partial charge in [0.15, 0.2) is 5.78 Å². The van der Waals surface area contributed by atoms with Crippen molar-refractivity contribution in [3.05, 3.63) is 70.7 Å². The van der Waals surface area contributed by atoms with Crippen LogP contribution in [0.3, 0.4) is 0 Å². The van der Waals surface area contributed by atoms with Gasteiger partial charge in [-0.15, -0.1) is 0 Å². The van der Waals surface area contributed by atoms with Crippen molar-refractivity contribution < 1.29 is 9.18 Å². The number of rotatable bonds is 4. The van der Waals surface area contributed by atoms with Crippen LogP contribution in [-0.4, -0.2) is 48.4 Å². The maximum Gasteiger partial charge on any atom is 0.196 e. The lowest BCUT2D eigenvalue weighted by Gasteiger charge is -2.36. The number of benzene rings is 2. The highest BCUT2D eigenvalue weighted by molar-refractivity contribution is 6.16. The third kappa shape index (κ3) is 3.75. The van der Waals surface area contributed by atoms with Gasteiger partial charge in [-0.05, 0) is 55.8 Å². The summed E-state index contributed by atoms with van der Waals surface area (Å²) in [5, 5.41) is 0.699. The standard InChI is InChI=1S/C24H26FN3O/c1-4-27-9-11-28(12-10-27)23-20-14-19(25)7-8-22(20)26-15-21(23)24(29)18-6-5-16(2)17(3)13-18/h5-8,13-15H,4,9-12H2,1-3H3. The van der Waals surface area contributed by atoms with E-state index >= 15 is 0 Å². The van der Waals surface area contributed by atoms with Gasteiger partial charge >= 0.3 is 0 Å². The van der Waals surface area contributed by atoms with E-state index in [4.69, 9.17) is 0 Å². The van der Waals surface area contributed by atoms with Crippen molar-refractivity contribution in [3.63, 3.8) is 0 Å². The van der Waals surface area contributed by atoms with Gasteiger partial charge in [0.05, 0.1) is 16.8 Å². The first-order valence-electron chi connectivity index (χ1n) is 10.2. The lowest BCUT2D eigenvalue weighted by molar-refractivity contribution is 0.103. The van der Waals surface area contributed by atoms with Crippen molar-refractivity contribution in [1.29, 1.82) is 0 Å². The Kier molecular flexibility index (Phi) is 5.33. The Morgan fingerprint density at radius 3 is 2.48 bits per heavy atom. The number of ketones is 1. The molecule has 150 valence electrons. The molecule has 3 aromatic rings. The highest BCUT2D eigenvalue weighted by atomic mass is 19.1. The van der Waals surface area contributed by atoms with E-state index in [1.807, 2.05) is 32.0 Å². The van der Waals surface area contributed by atoms with E-state index in [-0.39, 0.29) is 11.6 Å². The number of likely N-dealkylation sites (N-methyl/N-ethyl adjacent to an activating group) is 1. The van der Waals surface area contributed by atoms with Crippen LogP contribution < -0.4 is 4.90 Å². The molecular formula is C24H26FN3O. The molecule has 1 aliphatic heterocycles. The average Bonchev–Trinajstić information content (AvgIpc) is 2.74. The number of hydrogen-bond donors (Lipinski definition) is 0. The number of pyridine rings is 1. The van der Waals surface area contributed by atoms with E-state index in [0.29, 0.717) is 22.0 Å². The smallest absolute Gasteiger partial charge is 0.196 e. The van der Waals surface area contributed by atoms with Crippen LogP contribution >= 0.6 is 0 Å². The Morgan fingerprint density at radius 2 is 1.79 bits per heavy atom. The molecule has 0 atom stereocenters. The molecular weight excluding hydrogens is 365 g/mol. The van der Waals surface area contributed by atoms with Crippen molar-refractivity contribution in [2.45, 2.75) is 20.8 Å². The highest BCUT2D eigenvalue weighted by Crippen LogP contribution is 2.33. The molecule has 5 heteroatoms. The van der Waals surface area contributed by atoms with Gasteiger partial charge in [-0.25, -0.2) is 4.39 Å². The molecule has 1 saturated heterocycles. The summed E-state index contributed by atoms with van der Waals surface area (Å²) in [5.74, 6) is -0.386. The molecule has 29 heavy (non-hydrogen) atoms. The summed E-state index contributed by atoms with van der Waals surface area (Å²) in [6.07, 6.45) is 1.65. The number of anilines is 1. The molecule has 0 aliphatic carbocycles. The number of piperazine rings is 1. The van der Waals surface area contributed by atoms with E-state index in [1.54, 1.807) is 12.3 Å². The summed E-state index contributed by atoms with van der Waals surface area (Å²) in [4.78, 5) is 22.5. The third-order valence-corrected chi connectivity index (χ3v) is 5.95. The van der Waals surface area contributed by atoms with Gasteiger partial charge in [0.2, 0.25) is 0 Å². The Bertz CT molecular complexity index is 1070. The molecule has 0 N–H and O–H groups in total. The van der Waals surface area contributed by atoms with Crippen molar-refractivity contribution >= 4 is 22.4 Å². The third-order valence-electron chi connectivity index (χ3n) is 5.95. The summed E-state index contributed by atoms with van der Waals surface area (Å²) < 4.78 is 14.1. The van der Waals surface area contributed by atoms with Gasteiger partial charge in [0.25, 0.3) is 0 Å². The second-order valence-electron chi connectivity index (χ2n) is 7.73. The van der Waals surface area contributed by atoms with E-state index in [9.17, 15) is 9.18 Å². The minimum absolute atomic E-state index is 0.0697. The summed E-state index contributed by atoms with van der Waals surface area (Å²) >= 11 is 0. The molecule has 1 aromatic heterocycles. The Balaban J connectivity index is 1.84. The van der Waals surface area contributed by atoms with E-state index < -0.39 is 0 Å². The molecule has 0 saturated carbocycles. The van der Waals surface area contributed by atoms with E-state index in [2.05, 4.69) is 21.7 Å². The summed E-state index contributed by atoms with van der Waals surface area (Å²) in [7, 11) is 0. The van der Waals surface area contributed by atoms with Crippen molar-refractivity contribution in [3.8, 4) is 0 Å². The van der Waals surface area contributed by atoms with Crippen LogP contribution in [0.1, 0.15) is 34.0 Å². The number of nitrogens with zero attached hydrogens (tertiary/aromatic N) is 3. The van der Waals surface area contributed by atoms with Gasteiger partial charge < -0.3 is 9.80 Å². The van der Waals surface area contributed by atoms with Crippen LogP contribution in [0.4, 0.5) is 10.1 Å². The maximum atomic E-state index is 14.1. The molecule has 0 unspecified atom stereocenters. The number of carbonyl (C=O) groups excluding carboxylic acids is 1. The molecule has 0 radical (unpaired) electrons. The van der Waals surface area contributed by atoms with Crippen molar-refractivity contribution in [2.75, 3.05) is 37.6 Å². The quantitative estimate of drug-likeness (QED) is 0.619. The fourth-order valence-corrected chi connectivity index (χ4v) is 3.98. The van der Waals surface area contributed by atoms with Gasteiger partial charge in [-0.2, -0.15) is 0 Å².